The second kappa shape index (κ2) is 7.64. The fourth-order valence-corrected chi connectivity index (χ4v) is 1.83. The number of aliphatic carboxylic acids is 1. The molecular weight excluding hydrogens is 272 g/mol. The highest BCUT2D eigenvalue weighted by Crippen LogP contribution is 2.23. The van der Waals surface area contributed by atoms with E-state index in [0.29, 0.717) is 6.54 Å². The number of hydrogen-bond donors (Lipinski definition) is 2. The summed E-state index contributed by atoms with van der Waals surface area (Å²) >= 11 is 0. The molecule has 21 heavy (non-hydrogen) atoms. The average Bonchev–Trinajstić information content (AvgIpc) is 2.50. The van der Waals surface area contributed by atoms with Crippen LogP contribution >= 0.6 is 0 Å². The number of hydrogen-bond acceptors (Lipinski definition) is 3. The van der Waals surface area contributed by atoms with Crippen LogP contribution in [-0.4, -0.2) is 49.3 Å². The highest BCUT2D eigenvalue weighted by molar-refractivity contribution is 5.75. The Labute approximate surface area is 124 Å². The second-order valence-electron chi connectivity index (χ2n) is 5.03. The van der Waals surface area contributed by atoms with E-state index in [-0.39, 0.29) is 19.0 Å². The van der Waals surface area contributed by atoms with Crippen LogP contribution in [0, 0.1) is 0 Å². The number of carboxylic acids is 1. The first kappa shape index (κ1) is 17.0. The molecule has 1 rings (SSSR count). The maximum atomic E-state index is 11.9. The predicted molar refractivity (Wildman–Crippen MR) is 79.1 cm³/mol. The van der Waals surface area contributed by atoms with Crippen LogP contribution < -0.4 is 5.32 Å². The molecule has 2 N–H and O–H groups in total. The van der Waals surface area contributed by atoms with Crippen molar-refractivity contribution in [3.63, 3.8) is 0 Å². The molecule has 0 aliphatic heterocycles. The first-order valence-electron chi connectivity index (χ1n) is 6.70. The average molecular weight is 294 g/mol. The topological polar surface area (TPSA) is 78.9 Å². The van der Waals surface area contributed by atoms with Crippen LogP contribution in [0.1, 0.15) is 18.9 Å². The van der Waals surface area contributed by atoms with Crippen molar-refractivity contribution in [3.05, 3.63) is 35.9 Å². The second-order valence-corrected chi connectivity index (χ2v) is 5.03. The van der Waals surface area contributed by atoms with Gasteiger partial charge in [0.2, 0.25) is 0 Å². The summed E-state index contributed by atoms with van der Waals surface area (Å²) in [7, 11) is 3.15. The van der Waals surface area contributed by atoms with Crippen molar-refractivity contribution < 1.29 is 19.4 Å². The minimum atomic E-state index is -0.930. The Bertz CT molecular complexity index is 478. The van der Waals surface area contributed by atoms with Crippen molar-refractivity contribution in [1.29, 1.82) is 0 Å². The number of amides is 2. The Morgan fingerprint density at radius 1 is 1.33 bits per heavy atom. The van der Waals surface area contributed by atoms with Crippen molar-refractivity contribution in [2.75, 3.05) is 27.2 Å². The van der Waals surface area contributed by atoms with Gasteiger partial charge in [0.15, 0.2) is 0 Å². The summed E-state index contributed by atoms with van der Waals surface area (Å²) in [6, 6.07) is 9.28. The number of ether oxygens (including phenoxy) is 1. The molecule has 0 heterocycles. The molecular formula is C15H22N2O4. The number of carboxylic acid groups (broad SMARTS) is 1. The Morgan fingerprint density at radius 2 is 1.95 bits per heavy atom. The molecule has 6 nitrogen and oxygen atoms in total. The Morgan fingerprint density at radius 3 is 2.48 bits per heavy atom. The highest BCUT2D eigenvalue weighted by Gasteiger charge is 2.27. The highest BCUT2D eigenvalue weighted by atomic mass is 16.5. The van der Waals surface area contributed by atoms with Crippen LogP contribution in [0.3, 0.4) is 0 Å². The Kier molecular flexibility index (Phi) is 6.17. The molecule has 0 aromatic heterocycles. The zero-order valence-corrected chi connectivity index (χ0v) is 12.6. The van der Waals surface area contributed by atoms with Gasteiger partial charge in [0.1, 0.15) is 5.60 Å². The molecule has 1 unspecified atom stereocenters. The number of carbonyl (C=O) groups excluding carboxylic acids is 1. The summed E-state index contributed by atoms with van der Waals surface area (Å²) in [6.45, 7) is 2.35. The lowest BCUT2D eigenvalue weighted by Gasteiger charge is -2.30. The fraction of sp³-hybridized carbons (Fsp3) is 0.467. The molecule has 1 aromatic carbocycles. The van der Waals surface area contributed by atoms with E-state index in [1.807, 2.05) is 37.3 Å². The third-order valence-electron chi connectivity index (χ3n) is 3.42. The lowest BCUT2D eigenvalue weighted by molar-refractivity contribution is -0.137. The maximum absolute atomic E-state index is 11.9. The number of nitrogens with zero attached hydrogens (tertiary/aromatic N) is 1. The third-order valence-corrected chi connectivity index (χ3v) is 3.42. The molecule has 116 valence electrons. The molecule has 0 aliphatic rings. The van der Waals surface area contributed by atoms with E-state index in [4.69, 9.17) is 9.84 Å². The predicted octanol–water partition coefficient (Wildman–Crippen LogP) is 1.66. The summed E-state index contributed by atoms with van der Waals surface area (Å²) < 4.78 is 5.52. The molecule has 0 spiro atoms. The Hall–Kier alpha value is -2.08. The van der Waals surface area contributed by atoms with E-state index in [1.54, 1.807) is 14.2 Å². The van der Waals surface area contributed by atoms with E-state index < -0.39 is 11.6 Å². The first-order chi connectivity index (χ1) is 9.89. The van der Waals surface area contributed by atoms with Crippen molar-refractivity contribution >= 4 is 12.0 Å². The van der Waals surface area contributed by atoms with Crippen LogP contribution in [0.2, 0.25) is 0 Å². The zero-order chi connectivity index (χ0) is 15.9. The number of carbonyl (C=O) groups is 2. The summed E-state index contributed by atoms with van der Waals surface area (Å²) in [6.07, 6.45) is -0.0792. The maximum Gasteiger partial charge on any atom is 0.317 e. The number of rotatable bonds is 7. The minimum absolute atomic E-state index is 0.0792. The van der Waals surface area contributed by atoms with E-state index in [2.05, 4.69) is 5.32 Å². The van der Waals surface area contributed by atoms with Gasteiger partial charge >= 0.3 is 12.0 Å². The molecule has 1 atom stereocenters. The standard InChI is InChI=1S/C15H22N2O4/c1-15(21-3,12-7-5-4-6-8-12)11-16-14(20)17(2)10-9-13(18)19/h4-8H,9-11H2,1-3H3,(H,16,20)(H,18,19). The zero-order valence-electron chi connectivity index (χ0n) is 12.6. The minimum Gasteiger partial charge on any atom is -0.481 e. The third kappa shape index (κ3) is 5.07. The van der Waals surface area contributed by atoms with Crippen molar-refractivity contribution in [3.8, 4) is 0 Å². The van der Waals surface area contributed by atoms with Gasteiger partial charge in [-0.25, -0.2) is 4.79 Å². The lowest BCUT2D eigenvalue weighted by atomic mass is 9.96. The molecule has 0 saturated carbocycles. The molecule has 0 fully saturated rings. The van der Waals surface area contributed by atoms with Gasteiger partial charge in [0.25, 0.3) is 0 Å². The summed E-state index contributed by atoms with van der Waals surface area (Å²) in [5.74, 6) is -0.930. The van der Waals surface area contributed by atoms with Gasteiger partial charge in [0, 0.05) is 20.7 Å². The Balaban J connectivity index is 2.59. The molecule has 0 bridgehead atoms. The van der Waals surface area contributed by atoms with Gasteiger partial charge < -0.3 is 20.1 Å². The van der Waals surface area contributed by atoms with Gasteiger partial charge in [-0.05, 0) is 12.5 Å². The van der Waals surface area contributed by atoms with Crippen LogP contribution in [-0.2, 0) is 15.1 Å². The van der Waals surface area contributed by atoms with Gasteiger partial charge in [-0.1, -0.05) is 30.3 Å². The monoisotopic (exact) mass is 294 g/mol. The number of nitrogens with one attached hydrogen (secondary N) is 1. The van der Waals surface area contributed by atoms with Crippen LogP contribution in [0.4, 0.5) is 4.79 Å². The van der Waals surface area contributed by atoms with Crippen molar-refractivity contribution in [2.24, 2.45) is 0 Å². The largest absolute Gasteiger partial charge is 0.481 e. The van der Waals surface area contributed by atoms with Crippen LogP contribution in [0.25, 0.3) is 0 Å². The quantitative estimate of drug-likeness (QED) is 0.801. The fourth-order valence-electron chi connectivity index (χ4n) is 1.83. The van der Waals surface area contributed by atoms with E-state index in [0.717, 1.165) is 5.56 Å². The lowest BCUT2D eigenvalue weighted by Crippen LogP contribution is -2.45. The molecule has 0 saturated heterocycles. The van der Waals surface area contributed by atoms with Crippen molar-refractivity contribution in [1.82, 2.24) is 10.2 Å². The van der Waals surface area contributed by atoms with E-state index >= 15 is 0 Å². The van der Waals surface area contributed by atoms with Crippen LogP contribution in [0.5, 0.6) is 0 Å². The van der Waals surface area contributed by atoms with Gasteiger partial charge in [-0.2, -0.15) is 0 Å². The number of methoxy groups -OCH3 is 1. The van der Waals surface area contributed by atoms with Gasteiger partial charge in [-0.3, -0.25) is 4.79 Å². The normalized spacial score (nSPS) is 13.3. The summed E-state index contributed by atoms with van der Waals surface area (Å²) in [4.78, 5) is 23.8. The van der Waals surface area contributed by atoms with Crippen LogP contribution in [0.15, 0.2) is 30.3 Å². The molecule has 2 amide bonds. The van der Waals surface area contributed by atoms with Gasteiger partial charge in [0.05, 0.1) is 13.0 Å². The van der Waals surface area contributed by atoms with E-state index in [1.165, 1.54) is 4.90 Å². The number of benzene rings is 1. The molecule has 6 heteroatoms. The summed E-state index contributed by atoms with van der Waals surface area (Å²) in [5, 5.41) is 11.4. The number of urea groups is 1. The van der Waals surface area contributed by atoms with Crippen molar-refractivity contribution in [2.45, 2.75) is 18.9 Å². The van der Waals surface area contributed by atoms with E-state index in [9.17, 15) is 9.59 Å². The molecule has 0 aliphatic carbocycles. The molecule has 0 radical (unpaired) electrons. The summed E-state index contributed by atoms with van der Waals surface area (Å²) in [5.41, 5.74) is 0.325. The SMILES string of the molecule is COC(C)(CNC(=O)N(C)CCC(=O)O)c1ccccc1. The first-order valence-corrected chi connectivity index (χ1v) is 6.70. The smallest absolute Gasteiger partial charge is 0.317 e. The molecule has 1 aromatic rings. The van der Waals surface area contributed by atoms with Gasteiger partial charge in [-0.15, -0.1) is 0 Å².